The summed E-state index contributed by atoms with van der Waals surface area (Å²) < 4.78 is 17.3. The van der Waals surface area contributed by atoms with Gasteiger partial charge in [0.2, 0.25) is 5.43 Å². The summed E-state index contributed by atoms with van der Waals surface area (Å²) in [4.78, 5) is 29.1. The molecule has 6 rings (SSSR count). The molecular formula is C27H20ClNO8. The molecule has 0 amide bonds. The van der Waals surface area contributed by atoms with E-state index in [0.29, 0.717) is 22.2 Å². The number of H-pyrrole nitrogens is 1. The molecule has 0 radical (unpaired) electrons. The highest BCUT2D eigenvalue weighted by atomic mass is 35.5. The Morgan fingerprint density at radius 3 is 2.43 bits per heavy atom. The first-order chi connectivity index (χ1) is 17.7. The highest BCUT2D eigenvalue weighted by Gasteiger charge is 2.36. The lowest BCUT2D eigenvalue weighted by molar-refractivity contribution is 0.102. The maximum Gasteiger partial charge on any atom is 0.259 e. The molecule has 188 valence electrons. The van der Waals surface area contributed by atoms with Crippen LogP contribution >= 0.6 is 11.6 Å². The first-order valence-corrected chi connectivity index (χ1v) is 11.7. The van der Waals surface area contributed by atoms with Crippen LogP contribution in [-0.2, 0) is 11.2 Å². The van der Waals surface area contributed by atoms with Gasteiger partial charge in [0.05, 0.1) is 29.0 Å². The molecule has 5 aromatic rings. The number of aryl methyl sites for hydroxylation is 1. The van der Waals surface area contributed by atoms with E-state index in [-0.39, 0.29) is 61.4 Å². The Bertz CT molecular complexity index is 1940. The number of pyridine rings is 1. The molecule has 2 heterocycles. The Labute approximate surface area is 213 Å². The van der Waals surface area contributed by atoms with E-state index in [1.807, 2.05) is 0 Å². The van der Waals surface area contributed by atoms with Crippen LogP contribution in [0.1, 0.15) is 22.9 Å². The quantitative estimate of drug-likeness (QED) is 0.243. The monoisotopic (exact) mass is 521 g/mol. The van der Waals surface area contributed by atoms with Gasteiger partial charge in [-0.15, -0.1) is 0 Å². The molecule has 3 aromatic carbocycles. The average Bonchev–Trinajstić information content (AvgIpc) is 2.85. The van der Waals surface area contributed by atoms with Gasteiger partial charge in [0, 0.05) is 35.9 Å². The smallest absolute Gasteiger partial charge is 0.259 e. The van der Waals surface area contributed by atoms with Gasteiger partial charge in [-0.25, -0.2) is 0 Å². The van der Waals surface area contributed by atoms with Crippen LogP contribution in [0, 0.1) is 6.92 Å². The molecule has 0 saturated carbocycles. The molecule has 2 aromatic heterocycles. The molecule has 0 aliphatic heterocycles. The van der Waals surface area contributed by atoms with Gasteiger partial charge in [0.15, 0.2) is 22.7 Å². The van der Waals surface area contributed by atoms with Gasteiger partial charge in [0.25, 0.3) is 5.56 Å². The average molecular weight is 522 g/mol. The lowest BCUT2D eigenvalue weighted by Gasteiger charge is -2.30. The summed E-state index contributed by atoms with van der Waals surface area (Å²) in [5.41, 5.74) is 0.463. The number of aromatic amines is 1. The summed E-state index contributed by atoms with van der Waals surface area (Å²) in [6.07, 6.45) is -0.389. The van der Waals surface area contributed by atoms with E-state index in [9.17, 15) is 24.9 Å². The number of ether oxygens (including phenoxy) is 2. The van der Waals surface area contributed by atoms with Gasteiger partial charge in [0.1, 0.15) is 16.9 Å². The number of fused-ring (bicyclic) bond motifs is 6. The Balaban J connectivity index is 1.85. The maximum atomic E-state index is 13.6. The SMILES string of the molecule is COc1c2c(c(O)c3c(=O)c4ccc(Cl)c(O)c4oc13)-c1c(cc3cc(C)[nH]c(=O)c3c1O)C(OC)C2. The van der Waals surface area contributed by atoms with E-state index >= 15 is 0 Å². The van der Waals surface area contributed by atoms with Crippen molar-refractivity contribution in [2.24, 2.45) is 0 Å². The van der Waals surface area contributed by atoms with Crippen LogP contribution < -0.4 is 15.7 Å². The highest BCUT2D eigenvalue weighted by Crippen LogP contribution is 2.55. The Hall–Kier alpha value is -4.21. The predicted molar refractivity (Wildman–Crippen MR) is 138 cm³/mol. The van der Waals surface area contributed by atoms with E-state index < -0.39 is 28.6 Å². The molecule has 1 unspecified atom stereocenters. The van der Waals surface area contributed by atoms with Crippen LogP contribution in [0.5, 0.6) is 23.0 Å². The minimum atomic E-state index is -0.633. The third-order valence-electron chi connectivity index (χ3n) is 6.99. The number of aromatic nitrogens is 1. The zero-order valence-corrected chi connectivity index (χ0v) is 20.6. The number of methoxy groups -OCH3 is 2. The van der Waals surface area contributed by atoms with Gasteiger partial charge in [-0.05, 0) is 42.1 Å². The second-order valence-corrected chi connectivity index (χ2v) is 9.41. The number of phenolic OH excluding ortho intramolecular Hbond substituents is 3. The van der Waals surface area contributed by atoms with E-state index in [0.717, 1.165) is 0 Å². The highest BCUT2D eigenvalue weighted by molar-refractivity contribution is 6.33. The van der Waals surface area contributed by atoms with Crippen LogP contribution in [0.4, 0.5) is 0 Å². The van der Waals surface area contributed by atoms with Crippen molar-refractivity contribution >= 4 is 44.3 Å². The van der Waals surface area contributed by atoms with Crippen molar-refractivity contribution in [1.82, 2.24) is 4.98 Å². The van der Waals surface area contributed by atoms with Gasteiger partial charge < -0.3 is 34.2 Å². The number of benzene rings is 3. The molecule has 0 bridgehead atoms. The third kappa shape index (κ3) is 3.01. The lowest BCUT2D eigenvalue weighted by atomic mass is 9.80. The summed E-state index contributed by atoms with van der Waals surface area (Å²) in [6, 6.07) is 6.20. The van der Waals surface area contributed by atoms with Crippen molar-refractivity contribution in [2.45, 2.75) is 19.4 Å². The number of halogens is 1. The minimum Gasteiger partial charge on any atom is -0.506 e. The lowest BCUT2D eigenvalue weighted by Crippen LogP contribution is -2.17. The number of phenols is 3. The second kappa shape index (κ2) is 7.89. The summed E-state index contributed by atoms with van der Waals surface area (Å²) in [7, 11) is 2.88. The van der Waals surface area contributed by atoms with Crippen molar-refractivity contribution in [1.29, 1.82) is 0 Å². The van der Waals surface area contributed by atoms with E-state index in [1.54, 1.807) is 19.1 Å². The van der Waals surface area contributed by atoms with Crippen molar-refractivity contribution in [3.8, 4) is 34.1 Å². The summed E-state index contributed by atoms with van der Waals surface area (Å²) in [5.74, 6) is -1.12. The molecule has 1 aliphatic carbocycles. The van der Waals surface area contributed by atoms with Gasteiger partial charge in [-0.3, -0.25) is 9.59 Å². The zero-order valence-electron chi connectivity index (χ0n) is 19.9. The molecule has 1 aliphatic rings. The molecule has 0 spiro atoms. The molecule has 10 heteroatoms. The normalized spacial score (nSPS) is 14.8. The van der Waals surface area contributed by atoms with Crippen LogP contribution in [0.25, 0.3) is 43.8 Å². The number of aromatic hydroxyl groups is 3. The second-order valence-electron chi connectivity index (χ2n) is 9.01. The molecule has 9 nitrogen and oxygen atoms in total. The Kier molecular flexibility index (Phi) is 4.95. The predicted octanol–water partition coefficient (Wildman–Crippen LogP) is 4.79. The van der Waals surface area contributed by atoms with E-state index in [4.69, 9.17) is 25.5 Å². The number of rotatable bonds is 2. The van der Waals surface area contributed by atoms with Crippen LogP contribution in [0.2, 0.25) is 5.02 Å². The van der Waals surface area contributed by atoms with E-state index in [2.05, 4.69) is 4.98 Å². The maximum absolute atomic E-state index is 13.6. The molecule has 37 heavy (non-hydrogen) atoms. The number of nitrogens with one attached hydrogen (secondary N) is 1. The number of hydrogen-bond donors (Lipinski definition) is 4. The first-order valence-electron chi connectivity index (χ1n) is 11.3. The third-order valence-corrected chi connectivity index (χ3v) is 7.29. The molecule has 1 atom stereocenters. The molecule has 0 saturated heterocycles. The molecule has 0 fully saturated rings. The fourth-order valence-electron chi connectivity index (χ4n) is 5.39. The van der Waals surface area contributed by atoms with Gasteiger partial charge in [-0.2, -0.15) is 0 Å². The fraction of sp³-hybridized carbons (Fsp3) is 0.185. The van der Waals surface area contributed by atoms with Crippen LogP contribution in [0.15, 0.2) is 38.3 Å². The Morgan fingerprint density at radius 2 is 1.73 bits per heavy atom. The summed E-state index contributed by atoms with van der Waals surface area (Å²) in [5, 5.41) is 33.7. The van der Waals surface area contributed by atoms with Crippen molar-refractivity contribution in [3.63, 3.8) is 0 Å². The Morgan fingerprint density at radius 1 is 1.00 bits per heavy atom. The zero-order chi connectivity index (χ0) is 26.3. The minimum absolute atomic E-state index is 0.00726. The van der Waals surface area contributed by atoms with Crippen molar-refractivity contribution in [2.75, 3.05) is 14.2 Å². The first kappa shape index (κ1) is 23.2. The van der Waals surface area contributed by atoms with Crippen molar-refractivity contribution < 1.29 is 29.2 Å². The van der Waals surface area contributed by atoms with Crippen LogP contribution in [0.3, 0.4) is 0 Å². The topological polar surface area (TPSA) is 142 Å². The van der Waals surface area contributed by atoms with Gasteiger partial charge in [-0.1, -0.05) is 11.6 Å². The molecule has 4 N–H and O–H groups in total. The summed E-state index contributed by atoms with van der Waals surface area (Å²) in [6.45, 7) is 1.73. The van der Waals surface area contributed by atoms with Crippen LogP contribution in [-0.4, -0.2) is 34.5 Å². The summed E-state index contributed by atoms with van der Waals surface area (Å²) >= 11 is 6.03. The number of hydrogen-bond acceptors (Lipinski definition) is 8. The molecular weight excluding hydrogens is 502 g/mol. The standard InChI is InChI=1S/C27H20ClNO8/c1-9-6-10-7-12-15(35-2)8-13-18(17(12)22(32)16(10)27(34)29-9)23(33)19-20(30)11-4-5-14(28)21(31)24(11)37-26(19)25(13)36-3/h4-7,15,31-33H,8H2,1-3H3,(H,29,34). The van der Waals surface area contributed by atoms with E-state index in [1.165, 1.54) is 26.4 Å². The van der Waals surface area contributed by atoms with Crippen molar-refractivity contribution in [3.05, 3.63) is 66.7 Å². The van der Waals surface area contributed by atoms with Gasteiger partial charge >= 0.3 is 0 Å². The fourth-order valence-corrected chi connectivity index (χ4v) is 5.54. The largest absolute Gasteiger partial charge is 0.506 e.